The van der Waals surface area contributed by atoms with Crippen molar-refractivity contribution in [2.45, 2.75) is 6.42 Å². The number of hydrogen-bond donors (Lipinski definition) is 5. The van der Waals surface area contributed by atoms with Crippen molar-refractivity contribution in [2.24, 2.45) is 5.73 Å². The summed E-state index contributed by atoms with van der Waals surface area (Å²) in [4.78, 5) is 26.7. The number of carboxylic acid groups (broad SMARTS) is 1. The number of carbonyl (C=O) groups is 1. The van der Waals surface area contributed by atoms with Crippen LogP contribution in [0, 0.1) is 11.2 Å². The zero-order valence-electron chi connectivity index (χ0n) is 19.1. The van der Waals surface area contributed by atoms with Crippen molar-refractivity contribution in [2.75, 3.05) is 19.5 Å². The highest BCUT2D eigenvalue weighted by molar-refractivity contribution is 7.12. The number of anilines is 2. The Kier molecular flexibility index (Phi) is 6.74. The summed E-state index contributed by atoms with van der Waals surface area (Å²) in [6, 6.07) is 9.04. The molecule has 0 unspecified atom stereocenters. The molecule has 186 valence electrons. The summed E-state index contributed by atoms with van der Waals surface area (Å²) in [7, 11) is 2.93. The molecule has 2 aromatic heterocycles. The number of aromatic amines is 1. The van der Waals surface area contributed by atoms with E-state index in [9.17, 15) is 19.1 Å². The van der Waals surface area contributed by atoms with Gasteiger partial charge in [0.1, 0.15) is 22.4 Å². The molecule has 2 heterocycles. The van der Waals surface area contributed by atoms with E-state index in [1.54, 1.807) is 23.6 Å². The Bertz CT molecular complexity index is 1530. The van der Waals surface area contributed by atoms with Crippen molar-refractivity contribution in [3.05, 3.63) is 79.9 Å². The number of carboxylic acids is 1. The number of nitrogens with two attached hydrogens (primary N) is 1. The second-order valence-corrected chi connectivity index (χ2v) is 8.39. The van der Waals surface area contributed by atoms with Crippen LogP contribution < -0.4 is 26.2 Å². The minimum absolute atomic E-state index is 0.0142. The predicted octanol–water partition coefficient (Wildman–Crippen LogP) is 3.10. The summed E-state index contributed by atoms with van der Waals surface area (Å²) >= 11 is 0.986. The van der Waals surface area contributed by atoms with Gasteiger partial charge < -0.3 is 25.6 Å². The zero-order valence-corrected chi connectivity index (χ0v) is 19.9. The SMILES string of the molecule is COc1ccc(Cc2nn(-c3ccsc3C(=O)O)c(=O)[nH]2)c(Nc2ccc(C(=N)N)c(F)c2)c1OC. The maximum absolute atomic E-state index is 14.4. The third-order valence-corrected chi connectivity index (χ3v) is 6.14. The Labute approximate surface area is 207 Å². The van der Waals surface area contributed by atoms with Gasteiger partial charge in [0.25, 0.3) is 0 Å². The van der Waals surface area contributed by atoms with E-state index in [2.05, 4.69) is 15.4 Å². The van der Waals surface area contributed by atoms with E-state index in [0.717, 1.165) is 16.0 Å². The van der Waals surface area contributed by atoms with Gasteiger partial charge >= 0.3 is 11.7 Å². The van der Waals surface area contributed by atoms with E-state index in [1.165, 1.54) is 32.4 Å². The molecule has 0 aliphatic rings. The summed E-state index contributed by atoms with van der Waals surface area (Å²) in [5.41, 5.74) is 6.34. The van der Waals surface area contributed by atoms with Crippen molar-refractivity contribution < 1.29 is 23.8 Å². The number of rotatable bonds is 9. The first-order valence-corrected chi connectivity index (χ1v) is 11.3. The molecule has 6 N–H and O–H groups in total. The first kappa shape index (κ1) is 24.5. The molecule has 0 saturated carbocycles. The Morgan fingerprint density at radius 3 is 2.69 bits per heavy atom. The second kappa shape index (κ2) is 9.92. The summed E-state index contributed by atoms with van der Waals surface area (Å²) in [6.45, 7) is 0. The first-order valence-electron chi connectivity index (χ1n) is 10.4. The summed E-state index contributed by atoms with van der Waals surface area (Å²) in [6.07, 6.45) is 0.117. The molecule has 36 heavy (non-hydrogen) atoms. The molecule has 0 amide bonds. The molecule has 2 aromatic carbocycles. The number of aromatic nitrogens is 3. The van der Waals surface area contributed by atoms with E-state index in [1.807, 2.05) is 0 Å². The molecule has 0 bridgehead atoms. The number of benzene rings is 2. The number of nitrogens with zero attached hydrogens (tertiary/aromatic N) is 2. The zero-order chi connectivity index (χ0) is 26.0. The number of hydrogen-bond acceptors (Lipinski definition) is 8. The lowest BCUT2D eigenvalue weighted by Gasteiger charge is -2.18. The number of ether oxygens (including phenoxy) is 2. The summed E-state index contributed by atoms with van der Waals surface area (Å²) in [5, 5.41) is 25.8. The van der Waals surface area contributed by atoms with Crippen molar-refractivity contribution in [3.63, 3.8) is 0 Å². The molecular formula is C23H21FN6O5S. The van der Waals surface area contributed by atoms with Crippen molar-refractivity contribution in [3.8, 4) is 17.2 Å². The van der Waals surface area contributed by atoms with Gasteiger partial charge in [0, 0.05) is 12.1 Å². The summed E-state index contributed by atoms with van der Waals surface area (Å²) in [5.74, 6) is -1.23. The Hall–Kier alpha value is -4.65. The van der Waals surface area contributed by atoms with Gasteiger partial charge in [0.2, 0.25) is 0 Å². The number of thiophene rings is 1. The number of nitrogens with one attached hydrogen (secondary N) is 3. The van der Waals surface area contributed by atoms with Crippen LogP contribution in [0.15, 0.2) is 46.6 Å². The lowest BCUT2D eigenvalue weighted by Crippen LogP contribution is -2.17. The smallest absolute Gasteiger partial charge is 0.348 e. The van der Waals surface area contributed by atoms with E-state index in [0.29, 0.717) is 28.4 Å². The number of methoxy groups -OCH3 is 2. The third-order valence-electron chi connectivity index (χ3n) is 5.25. The van der Waals surface area contributed by atoms with Gasteiger partial charge in [-0.15, -0.1) is 16.4 Å². The maximum atomic E-state index is 14.4. The average molecular weight is 513 g/mol. The fourth-order valence-electron chi connectivity index (χ4n) is 3.63. The monoisotopic (exact) mass is 512 g/mol. The van der Waals surface area contributed by atoms with Gasteiger partial charge in [-0.3, -0.25) is 10.4 Å². The second-order valence-electron chi connectivity index (χ2n) is 7.47. The van der Waals surface area contributed by atoms with Crippen LogP contribution in [0.3, 0.4) is 0 Å². The topological polar surface area (TPSA) is 168 Å². The number of nitrogen functional groups attached to an aromatic ring is 1. The number of halogens is 1. The van der Waals surface area contributed by atoms with Crippen LogP contribution in [-0.4, -0.2) is 45.9 Å². The van der Waals surface area contributed by atoms with E-state index in [-0.39, 0.29) is 28.4 Å². The van der Waals surface area contributed by atoms with E-state index < -0.39 is 23.3 Å². The molecule has 0 fully saturated rings. The predicted molar refractivity (Wildman–Crippen MR) is 132 cm³/mol. The van der Waals surface area contributed by atoms with Gasteiger partial charge in [-0.05, 0) is 41.3 Å². The average Bonchev–Trinajstić information content (AvgIpc) is 3.46. The largest absolute Gasteiger partial charge is 0.493 e. The van der Waals surface area contributed by atoms with Crippen LogP contribution in [0.2, 0.25) is 0 Å². The molecule has 4 rings (SSSR count). The summed E-state index contributed by atoms with van der Waals surface area (Å²) < 4.78 is 26.4. The van der Waals surface area contributed by atoms with E-state index in [4.69, 9.17) is 20.6 Å². The minimum Gasteiger partial charge on any atom is -0.493 e. The van der Waals surface area contributed by atoms with Crippen molar-refractivity contribution in [1.82, 2.24) is 14.8 Å². The highest BCUT2D eigenvalue weighted by atomic mass is 32.1. The van der Waals surface area contributed by atoms with Crippen LogP contribution in [0.1, 0.15) is 26.6 Å². The Morgan fingerprint density at radius 2 is 2.06 bits per heavy atom. The molecule has 0 spiro atoms. The number of amidine groups is 1. The van der Waals surface area contributed by atoms with Crippen LogP contribution in [0.5, 0.6) is 11.5 Å². The van der Waals surface area contributed by atoms with Crippen molar-refractivity contribution in [1.29, 1.82) is 5.41 Å². The number of aromatic carboxylic acids is 1. The lowest BCUT2D eigenvalue weighted by molar-refractivity contribution is 0.0702. The standard InChI is InChI=1S/C23H21FN6O5S/c1-34-16-6-3-11(9-17-28-23(33)30(29-17)15-7-8-36-20(15)22(31)32)18(19(16)35-2)27-12-4-5-13(21(25)26)14(24)10-12/h3-8,10,27H,9H2,1-2H3,(H3,25,26)(H,31,32)(H,28,29,33). The van der Waals surface area contributed by atoms with Gasteiger partial charge in [0.05, 0.1) is 31.2 Å². The first-order chi connectivity index (χ1) is 17.2. The molecule has 0 aliphatic carbocycles. The molecule has 11 nitrogen and oxygen atoms in total. The van der Waals surface area contributed by atoms with Crippen molar-refractivity contribution >= 4 is 34.5 Å². The minimum atomic E-state index is -1.16. The quantitative estimate of drug-likeness (QED) is 0.168. The van der Waals surface area contributed by atoms with Crippen LogP contribution in [-0.2, 0) is 6.42 Å². The molecule has 0 atom stereocenters. The molecule has 0 saturated heterocycles. The lowest BCUT2D eigenvalue weighted by atomic mass is 10.1. The highest BCUT2D eigenvalue weighted by Gasteiger charge is 2.20. The Morgan fingerprint density at radius 1 is 1.28 bits per heavy atom. The van der Waals surface area contributed by atoms with Gasteiger partial charge in [-0.1, -0.05) is 6.07 Å². The van der Waals surface area contributed by atoms with Crippen LogP contribution in [0.4, 0.5) is 15.8 Å². The Balaban J connectivity index is 1.74. The van der Waals surface area contributed by atoms with Crippen LogP contribution in [0.25, 0.3) is 5.69 Å². The molecule has 0 radical (unpaired) electrons. The van der Waals surface area contributed by atoms with Crippen LogP contribution >= 0.6 is 11.3 Å². The fraction of sp³-hybridized carbons (Fsp3) is 0.130. The molecule has 0 aliphatic heterocycles. The number of H-pyrrole nitrogens is 1. The maximum Gasteiger partial charge on any atom is 0.348 e. The molecule has 4 aromatic rings. The third kappa shape index (κ3) is 4.63. The van der Waals surface area contributed by atoms with Gasteiger partial charge in [0.15, 0.2) is 11.5 Å². The molecular weight excluding hydrogens is 491 g/mol. The van der Waals surface area contributed by atoms with Gasteiger partial charge in [-0.25, -0.2) is 14.0 Å². The normalized spacial score (nSPS) is 10.8. The highest BCUT2D eigenvalue weighted by Crippen LogP contribution is 2.40. The van der Waals surface area contributed by atoms with Gasteiger partial charge in [-0.2, -0.15) is 4.68 Å². The fourth-order valence-corrected chi connectivity index (χ4v) is 4.34. The molecule has 13 heteroatoms. The van der Waals surface area contributed by atoms with E-state index >= 15 is 0 Å².